The van der Waals surface area contributed by atoms with Crippen LogP contribution in [-0.2, 0) is 11.3 Å². The average molecular weight is 282 g/mol. The molecule has 0 aromatic carbocycles. The van der Waals surface area contributed by atoms with Crippen molar-refractivity contribution in [1.82, 2.24) is 9.88 Å². The Hall–Kier alpha value is -0.980. The predicted molar refractivity (Wildman–Crippen MR) is 71.5 cm³/mol. The van der Waals surface area contributed by atoms with Crippen LogP contribution in [0.15, 0.2) is 5.38 Å². The highest BCUT2D eigenvalue weighted by Gasteiger charge is 2.34. The zero-order chi connectivity index (χ0) is 13.2. The zero-order valence-corrected chi connectivity index (χ0v) is 11.6. The van der Waals surface area contributed by atoms with Gasteiger partial charge in [0.25, 0.3) is 0 Å². The molecule has 2 atom stereocenters. The molecule has 0 radical (unpaired) electrons. The Morgan fingerprint density at radius 3 is 3.16 bits per heavy atom. The van der Waals surface area contributed by atoms with Gasteiger partial charge in [0.05, 0.1) is 18.4 Å². The van der Waals surface area contributed by atoms with Crippen molar-refractivity contribution in [2.45, 2.75) is 44.4 Å². The van der Waals surface area contributed by atoms with E-state index in [2.05, 4.69) is 9.88 Å². The van der Waals surface area contributed by atoms with Crippen LogP contribution in [0, 0.1) is 0 Å². The fourth-order valence-electron chi connectivity index (χ4n) is 3.06. The van der Waals surface area contributed by atoms with E-state index < -0.39 is 5.97 Å². The number of ether oxygens (including phenoxy) is 1. The van der Waals surface area contributed by atoms with Crippen molar-refractivity contribution in [3.8, 4) is 0 Å². The van der Waals surface area contributed by atoms with Crippen LogP contribution in [-0.4, -0.2) is 46.3 Å². The lowest BCUT2D eigenvalue weighted by atomic mass is 9.90. The lowest BCUT2D eigenvalue weighted by Crippen LogP contribution is -2.52. The third-order valence-corrected chi connectivity index (χ3v) is 4.83. The van der Waals surface area contributed by atoms with Crippen molar-refractivity contribution < 1.29 is 14.6 Å². The van der Waals surface area contributed by atoms with Gasteiger partial charge in [-0.15, -0.1) is 11.3 Å². The highest BCUT2D eigenvalue weighted by molar-refractivity contribution is 7.11. The molecule has 0 amide bonds. The number of carboxylic acid groups (broad SMARTS) is 1. The number of morpholine rings is 1. The minimum Gasteiger partial charge on any atom is -0.476 e. The number of carbonyl (C=O) groups is 1. The minimum atomic E-state index is -0.936. The topological polar surface area (TPSA) is 62.7 Å². The van der Waals surface area contributed by atoms with Crippen LogP contribution < -0.4 is 0 Å². The molecule has 0 spiro atoms. The summed E-state index contributed by atoms with van der Waals surface area (Å²) in [6, 6.07) is 0.484. The average Bonchev–Trinajstić information content (AvgIpc) is 2.88. The summed E-state index contributed by atoms with van der Waals surface area (Å²) in [6.45, 7) is 2.44. The molecule has 1 aliphatic carbocycles. The van der Waals surface area contributed by atoms with E-state index in [1.165, 1.54) is 30.6 Å². The summed E-state index contributed by atoms with van der Waals surface area (Å²) < 4.78 is 5.84. The van der Waals surface area contributed by atoms with Gasteiger partial charge in [0.2, 0.25) is 5.01 Å². The molecular formula is C13H18N2O3S. The molecule has 2 unspecified atom stereocenters. The van der Waals surface area contributed by atoms with E-state index in [-0.39, 0.29) is 5.01 Å². The molecule has 104 valence electrons. The van der Waals surface area contributed by atoms with Crippen LogP contribution in [0.4, 0.5) is 0 Å². The number of nitrogens with zero attached hydrogens (tertiary/aromatic N) is 2. The molecule has 19 heavy (non-hydrogen) atoms. The molecule has 1 aliphatic heterocycles. The Morgan fingerprint density at radius 1 is 1.53 bits per heavy atom. The molecule has 1 aromatic heterocycles. The SMILES string of the molecule is O=C(O)c1nc(CN2CCOC3CCCCC32)cs1. The monoisotopic (exact) mass is 282 g/mol. The largest absolute Gasteiger partial charge is 0.476 e. The second-order valence-electron chi connectivity index (χ2n) is 5.18. The van der Waals surface area contributed by atoms with Gasteiger partial charge in [-0.3, -0.25) is 4.90 Å². The van der Waals surface area contributed by atoms with Crippen LogP contribution in [0.1, 0.15) is 41.2 Å². The van der Waals surface area contributed by atoms with Gasteiger partial charge < -0.3 is 9.84 Å². The van der Waals surface area contributed by atoms with Gasteiger partial charge in [-0.2, -0.15) is 0 Å². The van der Waals surface area contributed by atoms with E-state index in [9.17, 15) is 4.79 Å². The van der Waals surface area contributed by atoms with Crippen molar-refractivity contribution in [2.75, 3.05) is 13.2 Å². The van der Waals surface area contributed by atoms with E-state index in [0.29, 0.717) is 12.1 Å². The van der Waals surface area contributed by atoms with Gasteiger partial charge in [0, 0.05) is 24.5 Å². The first-order valence-electron chi connectivity index (χ1n) is 6.77. The van der Waals surface area contributed by atoms with Crippen molar-refractivity contribution in [3.63, 3.8) is 0 Å². The Morgan fingerprint density at radius 2 is 2.37 bits per heavy atom. The number of fused-ring (bicyclic) bond motifs is 1. The molecule has 1 saturated heterocycles. The number of thiazole rings is 1. The van der Waals surface area contributed by atoms with Gasteiger partial charge >= 0.3 is 5.97 Å². The Labute approximate surface area is 116 Å². The highest BCUT2D eigenvalue weighted by Crippen LogP contribution is 2.29. The summed E-state index contributed by atoms with van der Waals surface area (Å²) in [5.41, 5.74) is 0.869. The normalized spacial score (nSPS) is 28.0. The van der Waals surface area contributed by atoms with Crippen LogP contribution in [0.3, 0.4) is 0 Å². The van der Waals surface area contributed by atoms with Crippen LogP contribution in [0.25, 0.3) is 0 Å². The maximum Gasteiger partial charge on any atom is 0.365 e. The third kappa shape index (κ3) is 2.80. The first-order valence-corrected chi connectivity index (χ1v) is 7.65. The number of aromatic nitrogens is 1. The Balaban J connectivity index is 1.68. The molecule has 3 rings (SSSR count). The maximum atomic E-state index is 10.8. The zero-order valence-electron chi connectivity index (χ0n) is 10.7. The second kappa shape index (κ2) is 5.56. The first kappa shape index (κ1) is 13.0. The second-order valence-corrected chi connectivity index (χ2v) is 6.04. The van der Waals surface area contributed by atoms with E-state index >= 15 is 0 Å². The molecule has 1 N–H and O–H groups in total. The van der Waals surface area contributed by atoms with Gasteiger partial charge in [-0.25, -0.2) is 9.78 Å². The lowest BCUT2D eigenvalue weighted by molar-refractivity contribution is -0.0914. The summed E-state index contributed by atoms with van der Waals surface area (Å²) in [6.07, 6.45) is 5.21. The van der Waals surface area contributed by atoms with Crippen molar-refractivity contribution >= 4 is 17.3 Å². The molecule has 1 aromatic rings. The summed E-state index contributed by atoms with van der Waals surface area (Å²) in [5, 5.41) is 10.9. The number of hydrogen-bond acceptors (Lipinski definition) is 5. The molecule has 2 aliphatic rings. The van der Waals surface area contributed by atoms with Crippen molar-refractivity contribution in [2.24, 2.45) is 0 Å². The number of rotatable bonds is 3. The summed E-state index contributed by atoms with van der Waals surface area (Å²) >= 11 is 1.21. The van der Waals surface area contributed by atoms with Crippen LogP contribution in [0.5, 0.6) is 0 Å². The number of carboxylic acids is 1. The lowest BCUT2D eigenvalue weighted by Gasteiger charge is -2.43. The first-order chi connectivity index (χ1) is 9.24. The third-order valence-electron chi connectivity index (χ3n) is 3.95. The predicted octanol–water partition coefficient (Wildman–Crippen LogP) is 1.98. The summed E-state index contributed by atoms with van der Waals surface area (Å²) in [7, 11) is 0. The van der Waals surface area contributed by atoms with Crippen molar-refractivity contribution in [1.29, 1.82) is 0 Å². The molecular weight excluding hydrogens is 264 g/mol. The quantitative estimate of drug-likeness (QED) is 0.918. The maximum absolute atomic E-state index is 10.8. The van der Waals surface area contributed by atoms with Crippen LogP contribution in [0.2, 0.25) is 0 Å². The Bertz CT molecular complexity index is 460. The molecule has 5 nitrogen and oxygen atoms in total. The highest BCUT2D eigenvalue weighted by atomic mass is 32.1. The minimum absolute atomic E-state index is 0.184. The van der Waals surface area contributed by atoms with E-state index in [0.717, 1.165) is 31.8 Å². The molecule has 2 heterocycles. The number of aromatic carboxylic acids is 1. The number of hydrogen-bond donors (Lipinski definition) is 1. The van der Waals surface area contributed by atoms with E-state index in [4.69, 9.17) is 9.84 Å². The van der Waals surface area contributed by atoms with E-state index in [1.807, 2.05) is 5.38 Å². The molecule has 6 heteroatoms. The van der Waals surface area contributed by atoms with Gasteiger partial charge in [0.15, 0.2) is 0 Å². The standard InChI is InChI=1S/C13H18N2O3S/c16-13(17)12-14-9(8-19-12)7-15-5-6-18-11-4-2-1-3-10(11)15/h8,10-11H,1-7H2,(H,16,17). The van der Waals surface area contributed by atoms with Crippen LogP contribution >= 0.6 is 11.3 Å². The summed E-state index contributed by atoms with van der Waals surface area (Å²) in [5.74, 6) is -0.936. The fourth-order valence-corrected chi connectivity index (χ4v) is 3.70. The smallest absolute Gasteiger partial charge is 0.365 e. The molecule has 0 bridgehead atoms. The summed E-state index contributed by atoms with van der Waals surface area (Å²) in [4.78, 5) is 17.4. The fraction of sp³-hybridized carbons (Fsp3) is 0.692. The van der Waals surface area contributed by atoms with E-state index in [1.54, 1.807) is 0 Å². The molecule has 1 saturated carbocycles. The van der Waals surface area contributed by atoms with Crippen molar-refractivity contribution in [3.05, 3.63) is 16.1 Å². The van der Waals surface area contributed by atoms with Gasteiger partial charge in [-0.05, 0) is 12.8 Å². The molecule has 2 fully saturated rings. The van der Waals surface area contributed by atoms with Gasteiger partial charge in [-0.1, -0.05) is 12.8 Å². The van der Waals surface area contributed by atoms with Gasteiger partial charge in [0.1, 0.15) is 0 Å². The Kier molecular flexibility index (Phi) is 3.81.